The summed E-state index contributed by atoms with van der Waals surface area (Å²) in [6.07, 6.45) is 0.255. The van der Waals surface area contributed by atoms with E-state index in [-0.39, 0.29) is 29.6 Å². The molecule has 0 aliphatic heterocycles. The van der Waals surface area contributed by atoms with Gasteiger partial charge < -0.3 is 10.5 Å². The van der Waals surface area contributed by atoms with E-state index in [2.05, 4.69) is 0 Å². The van der Waals surface area contributed by atoms with Crippen molar-refractivity contribution in [3.05, 3.63) is 29.0 Å². The molecule has 0 atom stereocenters. The monoisotopic (exact) mass is 216 g/mol. The molecule has 0 radical (unpaired) electrons. The Hall–Kier alpha value is -1.29. The van der Waals surface area contributed by atoms with Crippen LogP contribution in [-0.2, 0) is 0 Å². The molecule has 0 saturated heterocycles. The van der Waals surface area contributed by atoms with Crippen molar-refractivity contribution in [1.29, 1.82) is 5.41 Å². The lowest BCUT2D eigenvalue weighted by Crippen LogP contribution is -2.14. The van der Waals surface area contributed by atoms with Gasteiger partial charge in [0, 0.05) is 6.42 Å². The van der Waals surface area contributed by atoms with Crippen LogP contribution in [0.25, 0.3) is 0 Å². The SMILES string of the molecule is N=C(N)CCOc1c(F)cccc1Cl. The molecule has 0 saturated carbocycles. The molecule has 76 valence electrons. The van der Waals surface area contributed by atoms with Gasteiger partial charge in [0.1, 0.15) is 0 Å². The second-order valence-electron chi connectivity index (χ2n) is 2.67. The molecular formula is C9H10ClFN2O. The van der Waals surface area contributed by atoms with Gasteiger partial charge >= 0.3 is 0 Å². The fourth-order valence-electron chi connectivity index (χ4n) is 0.883. The van der Waals surface area contributed by atoms with E-state index < -0.39 is 5.82 Å². The second kappa shape index (κ2) is 4.81. The third-order valence-corrected chi connectivity index (χ3v) is 1.83. The van der Waals surface area contributed by atoms with Gasteiger partial charge in [-0.2, -0.15) is 0 Å². The molecule has 1 aromatic rings. The number of hydrogen-bond acceptors (Lipinski definition) is 2. The standard InChI is InChI=1S/C9H10ClFN2O/c10-6-2-1-3-7(11)9(6)14-5-4-8(12)13/h1-3H,4-5H2,(H3,12,13). The summed E-state index contributed by atoms with van der Waals surface area (Å²) in [5.74, 6) is -0.506. The topological polar surface area (TPSA) is 59.1 Å². The van der Waals surface area contributed by atoms with E-state index in [0.717, 1.165) is 0 Å². The zero-order chi connectivity index (χ0) is 10.6. The number of rotatable bonds is 4. The first-order chi connectivity index (χ1) is 6.61. The third-order valence-electron chi connectivity index (χ3n) is 1.54. The van der Waals surface area contributed by atoms with Crippen molar-refractivity contribution in [3.8, 4) is 5.75 Å². The number of benzene rings is 1. The Labute approximate surface area is 86.1 Å². The Balaban J connectivity index is 2.62. The molecule has 14 heavy (non-hydrogen) atoms. The summed E-state index contributed by atoms with van der Waals surface area (Å²) < 4.78 is 18.1. The van der Waals surface area contributed by atoms with Crippen molar-refractivity contribution in [2.24, 2.45) is 5.73 Å². The zero-order valence-corrected chi connectivity index (χ0v) is 8.14. The molecule has 0 aliphatic rings. The molecule has 5 heteroatoms. The number of nitrogens with two attached hydrogens (primary N) is 1. The minimum Gasteiger partial charge on any atom is -0.488 e. The second-order valence-corrected chi connectivity index (χ2v) is 3.08. The normalized spacial score (nSPS) is 9.86. The number of amidine groups is 1. The van der Waals surface area contributed by atoms with Gasteiger partial charge in [0.15, 0.2) is 11.6 Å². The maximum atomic E-state index is 13.1. The van der Waals surface area contributed by atoms with Gasteiger partial charge in [-0.1, -0.05) is 17.7 Å². The molecule has 3 N–H and O–H groups in total. The molecule has 0 amide bonds. The molecular weight excluding hydrogens is 207 g/mol. The summed E-state index contributed by atoms with van der Waals surface area (Å²) in [7, 11) is 0. The van der Waals surface area contributed by atoms with E-state index in [0.29, 0.717) is 0 Å². The van der Waals surface area contributed by atoms with E-state index in [1.165, 1.54) is 18.2 Å². The van der Waals surface area contributed by atoms with Crippen LogP contribution in [0.2, 0.25) is 5.02 Å². The van der Waals surface area contributed by atoms with Gasteiger partial charge in [0.05, 0.1) is 17.5 Å². The first-order valence-electron chi connectivity index (χ1n) is 4.01. The van der Waals surface area contributed by atoms with E-state index in [9.17, 15) is 4.39 Å². The number of hydrogen-bond donors (Lipinski definition) is 2. The predicted octanol–water partition coefficient (Wildman–Crippen LogP) is 2.18. The van der Waals surface area contributed by atoms with Crippen LogP contribution in [0.15, 0.2) is 18.2 Å². The van der Waals surface area contributed by atoms with Gasteiger partial charge in [0.2, 0.25) is 0 Å². The molecule has 1 rings (SSSR count). The number of ether oxygens (including phenoxy) is 1. The summed E-state index contributed by atoms with van der Waals surface area (Å²) in [6.45, 7) is 0.149. The highest BCUT2D eigenvalue weighted by atomic mass is 35.5. The lowest BCUT2D eigenvalue weighted by Gasteiger charge is -2.07. The smallest absolute Gasteiger partial charge is 0.173 e. The van der Waals surface area contributed by atoms with E-state index in [1.807, 2.05) is 0 Å². The zero-order valence-electron chi connectivity index (χ0n) is 7.39. The maximum absolute atomic E-state index is 13.1. The molecule has 0 unspecified atom stereocenters. The summed E-state index contributed by atoms with van der Waals surface area (Å²) in [6, 6.07) is 4.29. The predicted molar refractivity (Wildman–Crippen MR) is 53.4 cm³/mol. The minimum atomic E-state index is -0.513. The van der Waals surface area contributed by atoms with Crippen molar-refractivity contribution in [1.82, 2.24) is 0 Å². The van der Waals surface area contributed by atoms with Crippen LogP contribution >= 0.6 is 11.6 Å². The summed E-state index contributed by atoms with van der Waals surface area (Å²) >= 11 is 5.69. The Morgan fingerprint density at radius 3 is 2.86 bits per heavy atom. The molecule has 0 bridgehead atoms. The quantitative estimate of drug-likeness (QED) is 0.599. The van der Waals surface area contributed by atoms with Crippen LogP contribution in [0.3, 0.4) is 0 Å². The Morgan fingerprint density at radius 1 is 1.57 bits per heavy atom. The number of nitrogens with one attached hydrogen (secondary N) is 1. The van der Waals surface area contributed by atoms with Gasteiger partial charge in [-0.05, 0) is 12.1 Å². The third kappa shape index (κ3) is 2.88. The lowest BCUT2D eigenvalue weighted by atomic mass is 10.3. The molecule has 0 fully saturated rings. The fraction of sp³-hybridized carbons (Fsp3) is 0.222. The van der Waals surface area contributed by atoms with Crippen molar-refractivity contribution in [2.45, 2.75) is 6.42 Å². The van der Waals surface area contributed by atoms with Crippen molar-refractivity contribution in [2.75, 3.05) is 6.61 Å². The molecule has 1 aromatic carbocycles. The molecule has 0 heterocycles. The summed E-state index contributed by atoms with van der Waals surface area (Å²) in [5, 5.41) is 7.15. The average molecular weight is 217 g/mol. The molecule has 3 nitrogen and oxygen atoms in total. The first kappa shape index (κ1) is 10.8. The van der Waals surface area contributed by atoms with Crippen molar-refractivity contribution in [3.63, 3.8) is 0 Å². The Kier molecular flexibility index (Phi) is 3.71. The van der Waals surface area contributed by atoms with Crippen LogP contribution in [0, 0.1) is 11.2 Å². The Morgan fingerprint density at radius 2 is 2.29 bits per heavy atom. The minimum absolute atomic E-state index is 0.00235. The molecule has 0 aliphatic carbocycles. The van der Waals surface area contributed by atoms with Crippen LogP contribution in [0.5, 0.6) is 5.75 Å². The molecule has 0 spiro atoms. The summed E-state index contributed by atoms with van der Waals surface area (Å²) in [4.78, 5) is 0. The Bertz CT molecular complexity index is 323. The van der Waals surface area contributed by atoms with Crippen LogP contribution in [0.4, 0.5) is 4.39 Å². The highest BCUT2D eigenvalue weighted by molar-refractivity contribution is 6.32. The van der Waals surface area contributed by atoms with Crippen molar-refractivity contribution >= 4 is 17.4 Å². The van der Waals surface area contributed by atoms with Crippen LogP contribution in [-0.4, -0.2) is 12.4 Å². The van der Waals surface area contributed by atoms with Gasteiger partial charge in [0.25, 0.3) is 0 Å². The van der Waals surface area contributed by atoms with Gasteiger partial charge in [-0.25, -0.2) is 4.39 Å². The molecule has 0 aromatic heterocycles. The van der Waals surface area contributed by atoms with E-state index >= 15 is 0 Å². The average Bonchev–Trinajstić information content (AvgIpc) is 2.09. The van der Waals surface area contributed by atoms with Gasteiger partial charge in [-0.3, -0.25) is 5.41 Å². The fourth-order valence-corrected chi connectivity index (χ4v) is 1.10. The van der Waals surface area contributed by atoms with E-state index in [4.69, 9.17) is 27.5 Å². The lowest BCUT2D eigenvalue weighted by molar-refractivity contribution is 0.311. The van der Waals surface area contributed by atoms with Crippen molar-refractivity contribution < 1.29 is 9.13 Å². The highest BCUT2D eigenvalue weighted by Crippen LogP contribution is 2.27. The highest BCUT2D eigenvalue weighted by Gasteiger charge is 2.07. The van der Waals surface area contributed by atoms with Crippen LogP contribution < -0.4 is 10.5 Å². The number of halogens is 2. The number of para-hydroxylation sites is 1. The largest absolute Gasteiger partial charge is 0.488 e. The van der Waals surface area contributed by atoms with Gasteiger partial charge in [-0.15, -0.1) is 0 Å². The summed E-state index contributed by atoms with van der Waals surface area (Å²) in [5.41, 5.74) is 5.11. The maximum Gasteiger partial charge on any atom is 0.173 e. The first-order valence-corrected chi connectivity index (χ1v) is 4.38. The van der Waals surface area contributed by atoms with Crippen LogP contribution in [0.1, 0.15) is 6.42 Å². The van der Waals surface area contributed by atoms with E-state index in [1.54, 1.807) is 0 Å².